The fraction of sp³-hybridized carbons (Fsp3) is 1.00. The van der Waals surface area contributed by atoms with Gasteiger partial charge in [0.1, 0.15) is 0 Å². The molecule has 0 rings (SSSR count). The van der Waals surface area contributed by atoms with Crippen molar-refractivity contribution < 1.29 is 18.9 Å². The van der Waals surface area contributed by atoms with Crippen molar-refractivity contribution in [3.63, 3.8) is 0 Å². The summed E-state index contributed by atoms with van der Waals surface area (Å²) < 4.78 is 23.2. The van der Waals surface area contributed by atoms with Crippen molar-refractivity contribution in [2.45, 2.75) is 105 Å². The van der Waals surface area contributed by atoms with E-state index < -0.39 is 0 Å². The second kappa shape index (κ2) is 14.2. The molecular weight excluding hydrogens is 292 g/mol. The Hall–Kier alpha value is -0.160. The van der Waals surface area contributed by atoms with E-state index in [1.165, 1.54) is 0 Å². The van der Waals surface area contributed by atoms with Crippen molar-refractivity contribution in [2.24, 2.45) is 0 Å². The normalized spacial score (nSPS) is 18.4. The van der Waals surface area contributed by atoms with Crippen LogP contribution in [0.4, 0.5) is 0 Å². The second-order valence-corrected chi connectivity index (χ2v) is 6.77. The zero-order valence-electron chi connectivity index (χ0n) is 16.5. The Kier molecular flexibility index (Phi) is 14.1. The van der Waals surface area contributed by atoms with E-state index in [4.69, 9.17) is 18.9 Å². The third-order valence-electron chi connectivity index (χ3n) is 3.70. The average molecular weight is 333 g/mol. The molecule has 5 unspecified atom stereocenters. The minimum Gasteiger partial charge on any atom is -0.376 e. The minimum absolute atomic E-state index is 0.0676. The van der Waals surface area contributed by atoms with Crippen LogP contribution in [0.3, 0.4) is 0 Å². The first-order valence-corrected chi connectivity index (χ1v) is 9.39. The van der Waals surface area contributed by atoms with Crippen LogP contribution in [-0.2, 0) is 18.9 Å². The van der Waals surface area contributed by atoms with E-state index in [9.17, 15) is 0 Å². The summed E-state index contributed by atoms with van der Waals surface area (Å²) in [6.45, 7) is 16.6. The van der Waals surface area contributed by atoms with Crippen LogP contribution in [0.1, 0.15) is 74.1 Å². The fourth-order valence-corrected chi connectivity index (χ4v) is 2.40. The molecular formula is C19H40O4. The Labute approximate surface area is 144 Å². The van der Waals surface area contributed by atoms with Crippen molar-refractivity contribution in [3.8, 4) is 0 Å². The van der Waals surface area contributed by atoms with Gasteiger partial charge in [-0.2, -0.15) is 0 Å². The molecule has 0 heterocycles. The van der Waals surface area contributed by atoms with Crippen molar-refractivity contribution in [1.29, 1.82) is 0 Å². The lowest BCUT2D eigenvalue weighted by molar-refractivity contribution is -0.0953. The Bertz CT molecular complexity index is 260. The molecule has 0 aromatic heterocycles. The molecule has 0 saturated heterocycles. The molecule has 0 spiro atoms. The van der Waals surface area contributed by atoms with Gasteiger partial charge in [0.05, 0.1) is 50.3 Å². The van der Waals surface area contributed by atoms with Gasteiger partial charge in [0, 0.05) is 0 Å². The molecule has 4 nitrogen and oxygen atoms in total. The molecule has 0 fully saturated rings. The lowest BCUT2D eigenvalue weighted by Crippen LogP contribution is -2.28. The van der Waals surface area contributed by atoms with Crippen molar-refractivity contribution in [1.82, 2.24) is 0 Å². The van der Waals surface area contributed by atoms with Gasteiger partial charge >= 0.3 is 0 Å². The van der Waals surface area contributed by atoms with Gasteiger partial charge in [-0.05, 0) is 47.5 Å². The lowest BCUT2D eigenvalue weighted by Gasteiger charge is -2.22. The van der Waals surface area contributed by atoms with Crippen LogP contribution in [-0.4, -0.2) is 50.3 Å². The molecule has 5 atom stereocenters. The van der Waals surface area contributed by atoms with Crippen LogP contribution in [0, 0.1) is 0 Å². The summed E-state index contributed by atoms with van der Waals surface area (Å²) in [6.07, 6.45) is 5.38. The highest BCUT2D eigenvalue weighted by Gasteiger charge is 2.12. The Morgan fingerprint density at radius 1 is 0.522 bits per heavy atom. The average Bonchev–Trinajstić information content (AvgIpc) is 2.49. The lowest BCUT2D eigenvalue weighted by atomic mass is 10.2. The number of rotatable bonds is 15. The van der Waals surface area contributed by atoms with Gasteiger partial charge < -0.3 is 18.9 Å². The Balaban J connectivity index is 3.70. The SMILES string of the molecule is CCCC(C)OCC(C)OCC(C)OCC(C)OC(C)CCC. The van der Waals surface area contributed by atoms with Crippen LogP contribution < -0.4 is 0 Å². The second-order valence-electron chi connectivity index (χ2n) is 6.77. The van der Waals surface area contributed by atoms with Crippen LogP contribution in [0.15, 0.2) is 0 Å². The summed E-state index contributed by atoms with van der Waals surface area (Å²) in [4.78, 5) is 0. The first kappa shape index (κ1) is 22.8. The predicted molar refractivity (Wildman–Crippen MR) is 96.1 cm³/mol. The topological polar surface area (TPSA) is 36.9 Å². The van der Waals surface area contributed by atoms with E-state index in [2.05, 4.69) is 34.6 Å². The molecule has 0 radical (unpaired) electrons. The summed E-state index contributed by atoms with van der Waals surface area (Å²) in [5.41, 5.74) is 0. The van der Waals surface area contributed by atoms with Crippen molar-refractivity contribution >= 4 is 0 Å². The van der Waals surface area contributed by atoms with Gasteiger partial charge in [-0.15, -0.1) is 0 Å². The molecule has 0 aromatic carbocycles. The Morgan fingerprint density at radius 2 is 0.913 bits per heavy atom. The third kappa shape index (κ3) is 13.9. The van der Waals surface area contributed by atoms with Gasteiger partial charge in [0.2, 0.25) is 0 Å². The van der Waals surface area contributed by atoms with Gasteiger partial charge in [0.15, 0.2) is 0 Å². The van der Waals surface area contributed by atoms with E-state index in [0.29, 0.717) is 32.0 Å². The first-order chi connectivity index (χ1) is 10.9. The maximum atomic E-state index is 5.87. The smallest absolute Gasteiger partial charge is 0.0784 e. The molecule has 0 aliphatic heterocycles. The predicted octanol–water partition coefficient (Wildman–Crippen LogP) is 4.60. The number of hydrogen-bond acceptors (Lipinski definition) is 4. The van der Waals surface area contributed by atoms with E-state index in [1.54, 1.807) is 0 Å². The van der Waals surface area contributed by atoms with E-state index in [0.717, 1.165) is 25.7 Å². The summed E-state index contributed by atoms with van der Waals surface area (Å²) in [6, 6.07) is 0. The largest absolute Gasteiger partial charge is 0.376 e. The molecule has 0 aliphatic rings. The molecule has 4 heteroatoms. The zero-order valence-corrected chi connectivity index (χ0v) is 16.5. The molecule has 0 N–H and O–H groups in total. The van der Waals surface area contributed by atoms with E-state index >= 15 is 0 Å². The van der Waals surface area contributed by atoms with Gasteiger partial charge in [-0.3, -0.25) is 0 Å². The highest BCUT2D eigenvalue weighted by molar-refractivity contribution is 4.58. The van der Waals surface area contributed by atoms with Crippen LogP contribution in [0.25, 0.3) is 0 Å². The van der Waals surface area contributed by atoms with Crippen molar-refractivity contribution in [2.75, 3.05) is 19.8 Å². The fourth-order valence-electron chi connectivity index (χ4n) is 2.40. The molecule has 0 aliphatic carbocycles. The summed E-state index contributed by atoms with van der Waals surface area (Å²) in [7, 11) is 0. The molecule has 0 aromatic rings. The summed E-state index contributed by atoms with van der Waals surface area (Å²) in [5.74, 6) is 0. The monoisotopic (exact) mass is 332 g/mol. The first-order valence-electron chi connectivity index (χ1n) is 9.39. The van der Waals surface area contributed by atoms with Crippen LogP contribution in [0.5, 0.6) is 0 Å². The quantitative estimate of drug-likeness (QED) is 0.439. The maximum Gasteiger partial charge on any atom is 0.0784 e. The molecule has 0 saturated carbocycles. The molecule has 0 bridgehead atoms. The summed E-state index contributed by atoms with van der Waals surface area (Å²) in [5, 5.41) is 0. The standard InChI is InChI=1S/C19H40O4/c1-8-10-15(3)20-12-17(5)21-13-18(6)22-14-19(7)23-16(4)11-9-2/h15-19H,8-14H2,1-7H3. The Morgan fingerprint density at radius 3 is 1.39 bits per heavy atom. The van der Waals surface area contributed by atoms with E-state index in [-0.39, 0.29) is 18.3 Å². The van der Waals surface area contributed by atoms with Crippen LogP contribution >= 0.6 is 0 Å². The molecule has 0 amide bonds. The third-order valence-corrected chi connectivity index (χ3v) is 3.70. The number of ether oxygens (including phenoxy) is 4. The van der Waals surface area contributed by atoms with Crippen LogP contribution in [0.2, 0.25) is 0 Å². The highest BCUT2D eigenvalue weighted by Crippen LogP contribution is 2.07. The molecule has 140 valence electrons. The van der Waals surface area contributed by atoms with E-state index in [1.807, 2.05) is 13.8 Å². The van der Waals surface area contributed by atoms with Gasteiger partial charge in [0.25, 0.3) is 0 Å². The molecule has 23 heavy (non-hydrogen) atoms. The van der Waals surface area contributed by atoms with Crippen molar-refractivity contribution in [3.05, 3.63) is 0 Å². The maximum absolute atomic E-state index is 5.87. The highest BCUT2D eigenvalue weighted by atomic mass is 16.6. The van der Waals surface area contributed by atoms with Gasteiger partial charge in [-0.25, -0.2) is 0 Å². The summed E-state index contributed by atoms with van der Waals surface area (Å²) >= 11 is 0. The van der Waals surface area contributed by atoms with Gasteiger partial charge in [-0.1, -0.05) is 26.7 Å². The number of hydrogen-bond donors (Lipinski definition) is 0. The zero-order chi connectivity index (χ0) is 17.7. The minimum atomic E-state index is 0.0676.